The first-order valence-corrected chi connectivity index (χ1v) is 3.54. The van der Waals surface area contributed by atoms with E-state index in [-0.39, 0.29) is 5.69 Å². The van der Waals surface area contributed by atoms with Crippen LogP contribution in [0.15, 0.2) is 12.3 Å². The van der Waals surface area contributed by atoms with Crippen LogP contribution in [0, 0.1) is 10.1 Å². The van der Waals surface area contributed by atoms with Gasteiger partial charge in [-0.25, -0.2) is 4.98 Å². The van der Waals surface area contributed by atoms with Crippen LogP contribution in [0.1, 0.15) is 12.5 Å². The average molecular weight is 167 g/mol. The minimum atomic E-state index is -0.453. The number of nitrogen functional groups attached to an aromatic ring is 1. The van der Waals surface area contributed by atoms with Crippen molar-refractivity contribution in [2.24, 2.45) is 0 Å². The molecule has 12 heavy (non-hydrogen) atoms. The van der Waals surface area contributed by atoms with E-state index in [1.165, 1.54) is 12.3 Å². The Bertz CT molecular complexity index is 312. The summed E-state index contributed by atoms with van der Waals surface area (Å²) in [6, 6.07) is 1.53. The van der Waals surface area contributed by atoms with Gasteiger partial charge in [0.15, 0.2) is 0 Å². The number of hydrogen-bond donors (Lipinski definition) is 1. The lowest BCUT2D eigenvalue weighted by Crippen LogP contribution is -1.98. The maximum atomic E-state index is 10.4. The molecule has 1 aromatic rings. The highest BCUT2D eigenvalue weighted by atomic mass is 16.6. The van der Waals surface area contributed by atoms with Crippen LogP contribution < -0.4 is 5.73 Å². The molecule has 5 nitrogen and oxygen atoms in total. The van der Waals surface area contributed by atoms with Gasteiger partial charge >= 0.3 is 0 Å². The van der Waals surface area contributed by atoms with Crippen LogP contribution in [0.3, 0.4) is 0 Å². The second-order valence-corrected chi connectivity index (χ2v) is 2.35. The minimum Gasteiger partial charge on any atom is -0.384 e. The van der Waals surface area contributed by atoms with Crippen molar-refractivity contribution in [1.29, 1.82) is 0 Å². The third-order valence-corrected chi connectivity index (χ3v) is 1.56. The Kier molecular flexibility index (Phi) is 2.23. The SMILES string of the molecule is CCc1cc(N)ncc1[N+](=O)[O-]. The lowest BCUT2D eigenvalue weighted by molar-refractivity contribution is -0.385. The number of aryl methyl sites for hydroxylation is 1. The van der Waals surface area contributed by atoms with Crippen molar-refractivity contribution >= 4 is 11.5 Å². The summed E-state index contributed by atoms with van der Waals surface area (Å²) in [6.45, 7) is 1.84. The molecular formula is C7H9N3O2. The standard InChI is InChI=1S/C7H9N3O2/c1-2-5-3-7(8)9-4-6(5)10(11)12/h3-4H,2H2,1H3,(H2,8,9). The molecular weight excluding hydrogens is 158 g/mol. The van der Waals surface area contributed by atoms with E-state index in [1.807, 2.05) is 6.92 Å². The maximum Gasteiger partial charge on any atom is 0.290 e. The van der Waals surface area contributed by atoms with Gasteiger partial charge in [0, 0.05) is 5.56 Å². The summed E-state index contributed by atoms with van der Waals surface area (Å²) in [7, 11) is 0. The van der Waals surface area contributed by atoms with E-state index in [4.69, 9.17) is 5.73 Å². The molecule has 0 amide bonds. The van der Waals surface area contributed by atoms with Crippen molar-refractivity contribution in [2.75, 3.05) is 5.73 Å². The van der Waals surface area contributed by atoms with Crippen LogP contribution in [0.25, 0.3) is 0 Å². The van der Waals surface area contributed by atoms with Gasteiger partial charge in [0.1, 0.15) is 12.0 Å². The third-order valence-electron chi connectivity index (χ3n) is 1.56. The highest BCUT2D eigenvalue weighted by Crippen LogP contribution is 2.18. The normalized spacial score (nSPS) is 9.75. The summed E-state index contributed by atoms with van der Waals surface area (Å²) in [5.41, 5.74) is 6.02. The smallest absolute Gasteiger partial charge is 0.290 e. The Morgan fingerprint density at radius 2 is 2.42 bits per heavy atom. The van der Waals surface area contributed by atoms with Crippen molar-refractivity contribution < 1.29 is 4.92 Å². The zero-order valence-corrected chi connectivity index (χ0v) is 6.65. The number of nitrogens with two attached hydrogens (primary N) is 1. The molecule has 0 aliphatic rings. The van der Waals surface area contributed by atoms with Gasteiger partial charge in [-0.05, 0) is 12.5 Å². The quantitative estimate of drug-likeness (QED) is 0.528. The summed E-state index contributed by atoms with van der Waals surface area (Å²) in [4.78, 5) is 13.6. The first kappa shape index (κ1) is 8.45. The molecule has 0 saturated carbocycles. The van der Waals surface area contributed by atoms with Gasteiger partial charge in [-0.2, -0.15) is 0 Å². The fraction of sp³-hybridized carbons (Fsp3) is 0.286. The largest absolute Gasteiger partial charge is 0.384 e. The molecule has 1 rings (SSSR count). The molecule has 5 heteroatoms. The van der Waals surface area contributed by atoms with Gasteiger partial charge in [-0.3, -0.25) is 10.1 Å². The summed E-state index contributed by atoms with van der Waals surface area (Å²) in [6.07, 6.45) is 1.78. The Hall–Kier alpha value is -1.65. The highest BCUT2D eigenvalue weighted by Gasteiger charge is 2.12. The third kappa shape index (κ3) is 1.50. The van der Waals surface area contributed by atoms with E-state index < -0.39 is 4.92 Å². The van der Waals surface area contributed by atoms with Crippen LogP contribution in [-0.2, 0) is 6.42 Å². The zero-order chi connectivity index (χ0) is 9.14. The molecule has 0 unspecified atom stereocenters. The summed E-state index contributed by atoms with van der Waals surface area (Å²) in [5.74, 6) is 0.317. The molecule has 0 bridgehead atoms. The summed E-state index contributed by atoms with van der Waals surface area (Å²) < 4.78 is 0. The molecule has 0 aliphatic heterocycles. The number of nitrogens with zero attached hydrogens (tertiary/aromatic N) is 2. The number of hydrogen-bond acceptors (Lipinski definition) is 4. The topological polar surface area (TPSA) is 82.0 Å². The predicted octanol–water partition coefficient (Wildman–Crippen LogP) is 1.13. The van der Waals surface area contributed by atoms with Gasteiger partial charge < -0.3 is 5.73 Å². The van der Waals surface area contributed by atoms with E-state index in [0.717, 1.165) is 0 Å². The van der Waals surface area contributed by atoms with Crippen LogP contribution >= 0.6 is 0 Å². The van der Waals surface area contributed by atoms with E-state index in [0.29, 0.717) is 17.8 Å². The lowest BCUT2D eigenvalue weighted by Gasteiger charge is -1.99. The number of rotatable bonds is 2. The monoisotopic (exact) mass is 167 g/mol. The molecule has 0 saturated heterocycles. The number of nitro groups is 1. The molecule has 0 fully saturated rings. The summed E-state index contributed by atoms with van der Waals surface area (Å²) >= 11 is 0. The highest BCUT2D eigenvalue weighted by molar-refractivity contribution is 5.44. The van der Waals surface area contributed by atoms with E-state index in [9.17, 15) is 10.1 Å². The molecule has 0 radical (unpaired) electrons. The Balaban J connectivity index is 3.20. The average Bonchev–Trinajstić information content (AvgIpc) is 2.03. The van der Waals surface area contributed by atoms with Crippen LogP contribution in [-0.4, -0.2) is 9.91 Å². The molecule has 0 spiro atoms. The van der Waals surface area contributed by atoms with Crippen LogP contribution in [0.4, 0.5) is 11.5 Å². The number of aromatic nitrogens is 1. The molecule has 2 N–H and O–H groups in total. The van der Waals surface area contributed by atoms with Gasteiger partial charge in [0.25, 0.3) is 5.69 Å². The lowest BCUT2D eigenvalue weighted by atomic mass is 10.2. The van der Waals surface area contributed by atoms with Gasteiger partial charge in [-0.1, -0.05) is 6.92 Å². The van der Waals surface area contributed by atoms with Crippen molar-refractivity contribution in [1.82, 2.24) is 4.98 Å². The van der Waals surface area contributed by atoms with E-state index >= 15 is 0 Å². The van der Waals surface area contributed by atoms with E-state index in [1.54, 1.807) is 0 Å². The fourth-order valence-electron chi connectivity index (χ4n) is 0.956. The Morgan fingerprint density at radius 3 is 2.92 bits per heavy atom. The van der Waals surface area contributed by atoms with Gasteiger partial charge in [0.05, 0.1) is 4.92 Å². The van der Waals surface area contributed by atoms with Crippen molar-refractivity contribution in [3.05, 3.63) is 27.9 Å². The summed E-state index contributed by atoms with van der Waals surface area (Å²) in [5, 5.41) is 10.4. The fourth-order valence-corrected chi connectivity index (χ4v) is 0.956. The van der Waals surface area contributed by atoms with Crippen molar-refractivity contribution in [2.45, 2.75) is 13.3 Å². The van der Waals surface area contributed by atoms with Crippen molar-refractivity contribution in [3.8, 4) is 0 Å². The minimum absolute atomic E-state index is 0.0340. The van der Waals surface area contributed by atoms with Crippen LogP contribution in [0.2, 0.25) is 0 Å². The Labute approximate surface area is 69.4 Å². The number of anilines is 1. The second-order valence-electron chi connectivity index (χ2n) is 2.35. The van der Waals surface area contributed by atoms with Gasteiger partial charge in [-0.15, -0.1) is 0 Å². The molecule has 0 atom stereocenters. The molecule has 1 heterocycles. The molecule has 0 aliphatic carbocycles. The maximum absolute atomic E-state index is 10.4. The predicted molar refractivity (Wildman–Crippen MR) is 44.7 cm³/mol. The van der Waals surface area contributed by atoms with Crippen molar-refractivity contribution in [3.63, 3.8) is 0 Å². The van der Waals surface area contributed by atoms with Gasteiger partial charge in [0.2, 0.25) is 0 Å². The first-order valence-electron chi connectivity index (χ1n) is 3.54. The molecule has 1 aromatic heterocycles. The number of pyridine rings is 1. The molecule has 0 aromatic carbocycles. The molecule has 64 valence electrons. The second kappa shape index (κ2) is 3.17. The zero-order valence-electron chi connectivity index (χ0n) is 6.65. The Morgan fingerprint density at radius 1 is 1.75 bits per heavy atom. The first-order chi connectivity index (χ1) is 5.65. The van der Waals surface area contributed by atoms with E-state index in [2.05, 4.69) is 4.98 Å². The van der Waals surface area contributed by atoms with Crippen LogP contribution in [0.5, 0.6) is 0 Å².